The number of rotatable bonds is 10. The second-order valence-electron chi connectivity index (χ2n) is 6.66. The number of aryl methyl sites for hydroxylation is 2. The molecule has 0 radical (unpaired) electrons. The van der Waals surface area contributed by atoms with Crippen LogP contribution in [0.5, 0.6) is 0 Å². The third kappa shape index (κ3) is 7.49. The van der Waals surface area contributed by atoms with E-state index in [1.165, 1.54) is 5.52 Å². The highest BCUT2D eigenvalue weighted by Crippen LogP contribution is 2.15. The van der Waals surface area contributed by atoms with Gasteiger partial charge >= 0.3 is 0 Å². The lowest BCUT2D eigenvalue weighted by Crippen LogP contribution is -2.40. The molecule has 0 fully saturated rings. The van der Waals surface area contributed by atoms with Crippen molar-refractivity contribution in [2.45, 2.75) is 47.1 Å². The number of aliphatic imine (C=N–C) groups is 1. The standard InChI is InChI=1S/C21H34N6O.HI/c1-5-22-21(24-15-13-20(28)26(6-2)7-3)23-14-10-16-27-17(4)25-18-11-8-9-12-19(18)27;/h8-9,11-12H,5-7,10,13-16H2,1-4H3,(H2,22,23,24);1H. The molecule has 1 amide bonds. The van der Waals surface area contributed by atoms with E-state index in [0.29, 0.717) is 19.5 Å². The van der Waals surface area contributed by atoms with Crippen LogP contribution in [0, 0.1) is 6.92 Å². The number of carbonyl (C=O) groups is 1. The van der Waals surface area contributed by atoms with Gasteiger partial charge in [0.15, 0.2) is 5.96 Å². The Bertz CT molecular complexity index is 785. The van der Waals surface area contributed by atoms with E-state index in [2.05, 4.69) is 31.2 Å². The van der Waals surface area contributed by atoms with Crippen LogP contribution in [0.25, 0.3) is 11.0 Å². The zero-order chi connectivity index (χ0) is 20.4. The molecule has 0 bridgehead atoms. The fourth-order valence-corrected chi connectivity index (χ4v) is 3.26. The molecule has 0 aliphatic rings. The molecule has 0 saturated heterocycles. The highest BCUT2D eigenvalue weighted by Gasteiger charge is 2.09. The molecular formula is C21H35IN6O. The van der Waals surface area contributed by atoms with Gasteiger partial charge in [-0.1, -0.05) is 12.1 Å². The van der Waals surface area contributed by atoms with Crippen molar-refractivity contribution in [3.8, 4) is 0 Å². The second-order valence-corrected chi connectivity index (χ2v) is 6.66. The number of benzene rings is 1. The van der Waals surface area contributed by atoms with Gasteiger partial charge in [0.05, 0.1) is 11.0 Å². The van der Waals surface area contributed by atoms with Gasteiger partial charge in [-0.15, -0.1) is 24.0 Å². The van der Waals surface area contributed by atoms with Crippen LogP contribution in [0.2, 0.25) is 0 Å². The Labute approximate surface area is 191 Å². The van der Waals surface area contributed by atoms with E-state index >= 15 is 0 Å². The van der Waals surface area contributed by atoms with Gasteiger partial charge in [0.25, 0.3) is 0 Å². The molecule has 0 atom stereocenters. The van der Waals surface area contributed by atoms with Crippen LogP contribution >= 0.6 is 24.0 Å². The minimum absolute atomic E-state index is 0. The number of hydrogen-bond donors (Lipinski definition) is 2. The molecule has 2 aromatic rings. The highest BCUT2D eigenvalue weighted by atomic mass is 127. The number of guanidine groups is 1. The van der Waals surface area contributed by atoms with Crippen LogP contribution in [-0.2, 0) is 11.3 Å². The summed E-state index contributed by atoms with van der Waals surface area (Å²) in [6, 6.07) is 8.22. The van der Waals surface area contributed by atoms with Gasteiger partial charge in [0.2, 0.25) is 5.91 Å². The summed E-state index contributed by atoms with van der Waals surface area (Å²) >= 11 is 0. The largest absolute Gasteiger partial charge is 0.357 e. The van der Waals surface area contributed by atoms with E-state index in [4.69, 9.17) is 0 Å². The van der Waals surface area contributed by atoms with E-state index in [-0.39, 0.29) is 29.9 Å². The Morgan fingerprint density at radius 2 is 1.90 bits per heavy atom. The molecular weight excluding hydrogens is 479 g/mol. The Morgan fingerprint density at radius 1 is 1.17 bits per heavy atom. The maximum atomic E-state index is 12.1. The summed E-state index contributed by atoms with van der Waals surface area (Å²) < 4.78 is 2.24. The molecule has 162 valence electrons. The number of para-hydroxylation sites is 2. The summed E-state index contributed by atoms with van der Waals surface area (Å²) in [6.45, 7) is 12.6. The molecule has 0 unspecified atom stereocenters. The first-order valence-corrected chi connectivity index (χ1v) is 10.3. The number of fused-ring (bicyclic) bond motifs is 1. The summed E-state index contributed by atoms with van der Waals surface area (Å²) in [5, 5.41) is 6.50. The van der Waals surface area contributed by atoms with Crippen LogP contribution in [0.3, 0.4) is 0 Å². The van der Waals surface area contributed by atoms with Gasteiger partial charge in [-0.25, -0.2) is 4.98 Å². The van der Waals surface area contributed by atoms with E-state index in [1.54, 1.807) is 0 Å². The molecule has 0 spiro atoms. The first-order valence-electron chi connectivity index (χ1n) is 10.3. The monoisotopic (exact) mass is 514 g/mol. The fraction of sp³-hybridized carbons (Fsp3) is 0.571. The van der Waals surface area contributed by atoms with Gasteiger partial charge in [0.1, 0.15) is 5.82 Å². The average Bonchev–Trinajstić information content (AvgIpc) is 3.01. The quantitative estimate of drug-likeness (QED) is 0.221. The molecule has 0 aliphatic carbocycles. The molecule has 0 aliphatic heterocycles. The van der Waals surface area contributed by atoms with E-state index < -0.39 is 0 Å². The Kier molecular flexibility index (Phi) is 11.6. The third-order valence-electron chi connectivity index (χ3n) is 4.75. The Balaban J connectivity index is 0.00000420. The van der Waals surface area contributed by atoms with Gasteiger partial charge in [-0.05, 0) is 46.2 Å². The lowest BCUT2D eigenvalue weighted by Gasteiger charge is -2.19. The van der Waals surface area contributed by atoms with Gasteiger partial charge < -0.3 is 20.1 Å². The van der Waals surface area contributed by atoms with E-state index in [0.717, 1.165) is 49.9 Å². The van der Waals surface area contributed by atoms with Crippen molar-refractivity contribution in [1.29, 1.82) is 0 Å². The summed E-state index contributed by atoms with van der Waals surface area (Å²) in [7, 11) is 0. The first kappa shape index (κ1) is 25.2. The molecule has 2 N–H and O–H groups in total. The summed E-state index contributed by atoms with van der Waals surface area (Å²) in [5.74, 6) is 1.97. The van der Waals surface area contributed by atoms with Crippen molar-refractivity contribution in [1.82, 2.24) is 25.1 Å². The summed E-state index contributed by atoms with van der Waals surface area (Å²) in [6.07, 6.45) is 1.41. The molecule has 1 aromatic heterocycles. The molecule has 2 rings (SSSR count). The molecule has 0 saturated carbocycles. The highest BCUT2D eigenvalue weighted by molar-refractivity contribution is 14.0. The second kappa shape index (κ2) is 13.4. The van der Waals surface area contributed by atoms with Gasteiger partial charge in [-0.2, -0.15) is 0 Å². The van der Waals surface area contributed by atoms with E-state index in [1.807, 2.05) is 50.8 Å². The molecule has 8 heteroatoms. The lowest BCUT2D eigenvalue weighted by atomic mass is 10.3. The van der Waals surface area contributed by atoms with Gasteiger partial charge in [-0.3, -0.25) is 9.79 Å². The zero-order valence-electron chi connectivity index (χ0n) is 18.1. The van der Waals surface area contributed by atoms with Crippen molar-refractivity contribution < 1.29 is 4.79 Å². The van der Waals surface area contributed by atoms with Crippen molar-refractivity contribution in [3.63, 3.8) is 0 Å². The van der Waals surface area contributed by atoms with Crippen LogP contribution in [-0.4, -0.2) is 59.0 Å². The van der Waals surface area contributed by atoms with Crippen molar-refractivity contribution in [2.75, 3.05) is 32.7 Å². The van der Waals surface area contributed by atoms with Gasteiger partial charge in [0, 0.05) is 45.7 Å². The maximum Gasteiger partial charge on any atom is 0.224 e. The normalized spacial score (nSPS) is 11.2. The number of imidazole rings is 1. The third-order valence-corrected chi connectivity index (χ3v) is 4.75. The number of carbonyl (C=O) groups excluding carboxylic acids is 1. The van der Waals surface area contributed by atoms with Crippen LogP contribution < -0.4 is 10.6 Å². The van der Waals surface area contributed by atoms with Crippen LogP contribution in [0.1, 0.15) is 39.4 Å². The predicted molar refractivity (Wildman–Crippen MR) is 131 cm³/mol. The number of halogens is 1. The fourth-order valence-electron chi connectivity index (χ4n) is 3.26. The predicted octanol–water partition coefficient (Wildman–Crippen LogP) is 3.17. The minimum atomic E-state index is 0. The molecule has 1 aromatic carbocycles. The van der Waals surface area contributed by atoms with Crippen molar-refractivity contribution in [2.24, 2.45) is 4.99 Å². The summed E-state index contributed by atoms with van der Waals surface area (Å²) in [5.41, 5.74) is 2.21. The molecule has 7 nitrogen and oxygen atoms in total. The maximum absolute atomic E-state index is 12.1. The molecule has 29 heavy (non-hydrogen) atoms. The first-order chi connectivity index (χ1) is 13.6. The van der Waals surface area contributed by atoms with Crippen molar-refractivity contribution in [3.05, 3.63) is 30.1 Å². The van der Waals surface area contributed by atoms with Crippen LogP contribution in [0.4, 0.5) is 0 Å². The van der Waals surface area contributed by atoms with Crippen molar-refractivity contribution >= 4 is 46.9 Å². The number of nitrogens with one attached hydrogen (secondary N) is 2. The smallest absolute Gasteiger partial charge is 0.224 e. The number of hydrogen-bond acceptors (Lipinski definition) is 3. The summed E-state index contributed by atoms with van der Waals surface area (Å²) in [4.78, 5) is 23.2. The number of aromatic nitrogens is 2. The number of amides is 1. The minimum Gasteiger partial charge on any atom is -0.357 e. The van der Waals surface area contributed by atoms with Crippen LogP contribution in [0.15, 0.2) is 29.3 Å². The SMILES string of the molecule is CCNC(=NCCCn1c(C)nc2ccccc21)NCCC(=O)N(CC)CC.I. The Morgan fingerprint density at radius 3 is 2.59 bits per heavy atom. The zero-order valence-corrected chi connectivity index (χ0v) is 20.4. The topological polar surface area (TPSA) is 74.5 Å². The lowest BCUT2D eigenvalue weighted by molar-refractivity contribution is -0.130. The number of nitrogens with zero attached hydrogens (tertiary/aromatic N) is 4. The van der Waals surface area contributed by atoms with E-state index in [9.17, 15) is 4.79 Å². The Hall–Kier alpha value is -1.84. The average molecular weight is 514 g/mol. The molecule has 1 heterocycles.